The monoisotopic (exact) mass is 458 g/mol. The molecule has 2 heterocycles. The van der Waals surface area contributed by atoms with Crippen molar-refractivity contribution in [1.29, 1.82) is 0 Å². The number of carbonyl (C=O) groups excluding carboxylic acids is 2. The van der Waals surface area contributed by atoms with Crippen molar-refractivity contribution in [2.24, 2.45) is 5.92 Å². The van der Waals surface area contributed by atoms with Gasteiger partial charge in [0.15, 0.2) is 0 Å². The molecule has 34 heavy (non-hydrogen) atoms. The Hall–Kier alpha value is -2.46. The first-order chi connectivity index (χ1) is 16.7. The lowest BCUT2D eigenvalue weighted by Crippen LogP contribution is -2.41. The average molecular weight is 459 g/mol. The first-order valence-corrected chi connectivity index (χ1v) is 13.4. The van der Waals surface area contributed by atoms with Crippen LogP contribution in [0.1, 0.15) is 97.2 Å². The number of hydrogen-bond acceptors (Lipinski definition) is 3. The number of amides is 1. The fraction of sp³-hybridized carbons (Fsp3) is 0.533. The molecule has 2 fully saturated rings. The fourth-order valence-electron chi connectivity index (χ4n) is 6.30. The van der Waals surface area contributed by atoms with Gasteiger partial charge in [-0.05, 0) is 54.0 Å². The van der Waals surface area contributed by atoms with Crippen LogP contribution in [0.15, 0.2) is 42.5 Å². The predicted octanol–water partition coefficient (Wildman–Crippen LogP) is 6.17. The van der Waals surface area contributed by atoms with Gasteiger partial charge >= 0.3 is 0 Å². The lowest BCUT2D eigenvalue weighted by Gasteiger charge is -2.34. The summed E-state index contributed by atoms with van der Waals surface area (Å²) < 4.78 is 0. The molecular formula is C30H38N2O2. The van der Waals surface area contributed by atoms with Gasteiger partial charge < -0.3 is 10.2 Å². The predicted molar refractivity (Wildman–Crippen MR) is 137 cm³/mol. The van der Waals surface area contributed by atoms with E-state index < -0.39 is 0 Å². The van der Waals surface area contributed by atoms with Gasteiger partial charge in [-0.3, -0.25) is 9.59 Å². The molecule has 2 aromatic rings. The van der Waals surface area contributed by atoms with E-state index in [4.69, 9.17) is 0 Å². The van der Waals surface area contributed by atoms with Crippen molar-refractivity contribution in [1.82, 2.24) is 5.32 Å². The maximum absolute atomic E-state index is 13.0. The summed E-state index contributed by atoms with van der Waals surface area (Å²) in [4.78, 5) is 25.9. The van der Waals surface area contributed by atoms with Crippen molar-refractivity contribution in [2.45, 2.75) is 89.1 Å². The zero-order chi connectivity index (χ0) is 23.3. The van der Waals surface area contributed by atoms with Gasteiger partial charge in [0.25, 0.3) is 0 Å². The topological polar surface area (TPSA) is 49.4 Å². The number of rotatable bonds is 4. The highest BCUT2D eigenvalue weighted by molar-refractivity contribution is 5.96. The van der Waals surface area contributed by atoms with Crippen LogP contribution in [-0.4, -0.2) is 24.8 Å². The Morgan fingerprint density at radius 3 is 2.24 bits per heavy atom. The van der Waals surface area contributed by atoms with Gasteiger partial charge in [-0.25, -0.2) is 0 Å². The van der Waals surface area contributed by atoms with Crippen LogP contribution >= 0.6 is 0 Å². The number of carbonyl (C=O) groups is 2. The van der Waals surface area contributed by atoms with Crippen molar-refractivity contribution >= 4 is 17.9 Å². The molecule has 5 rings (SSSR count). The number of aldehydes is 1. The second-order valence-corrected chi connectivity index (χ2v) is 10.6. The van der Waals surface area contributed by atoms with Gasteiger partial charge in [0.05, 0.1) is 0 Å². The van der Waals surface area contributed by atoms with Crippen molar-refractivity contribution in [3.05, 3.63) is 64.7 Å². The summed E-state index contributed by atoms with van der Waals surface area (Å²) in [5, 5.41) is 3.86. The largest absolute Gasteiger partial charge is 0.312 e. The Morgan fingerprint density at radius 2 is 1.53 bits per heavy atom. The number of nitrogens with zero attached hydrogens (tertiary/aromatic N) is 1. The maximum Gasteiger partial charge on any atom is 0.227 e. The third-order valence-electron chi connectivity index (χ3n) is 8.38. The standard InChI is InChI=1S/C30H38N2O2/c33-21-22-10-12-23(13-11-22)27-18-30(34)32(20-27)28-15-14-25-19-31-29(17-26(25)16-28)24-8-6-4-2-1-3-5-7-9-24/h10-16,21,24,27,29,31H,1-9,17-20H2. The molecule has 2 aliphatic heterocycles. The minimum absolute atomic E-state index is 0.182. The highest BCUT2D eigenvalue weighted by atomic mass is 16.2. The summed E-state index contributed by atoms with van der Waals surface area (Å²) >= 11 is 0. The first kappa shape index (κ1) is 23.3. The molecule has 3 aliphatic rings. The van der Waals surface area contributed by atoms with E-state index in [-0.39, 0.29) is 11.8 Å². The molecule has 4 heteroatoms. The molecular weight excluding hydrogens is 420 g/mol. The maximum atomic E-state index is 13.0. The van der Waals surface area contributed by atoms with Crippen molar-refractivity contribution in [3.8, 4) is 0 Å². The molecule has 0 bridgehead atoms. The Labute approximate surface area is 204 Å². The zero-order valence-corrected chi connectivity index (χ0v) is 20.3. The van der Waals surface area contributed by atoms with E-state index in [1.807, 2.05) is 29.2 Å². The molecule has 1 saturated heterocycles. The highest BCUT2D eigenvalue weighted by Gasteiger charge is 2.33. The van der Waals surface area contributed by atoms with Gasteiger partial charge in [-0.2, -0.15) is 0 Å². The lowest BCUT2D eigenvalue weighted by atomic mass is 9.81. The number of anilines is 1. The Balaban J connectivity index is 1.28. The zero-order valence-electron chi connectivity index (χ0n) is 20.3. The van der Waals surface area contributed by atoms with Crippen LogP contribution in [0, 0.1) is 5.92 Å². The van der Waals surface area contributed by atoms with Crippen LogP contribution in [0.2, 0.25) is 0 Å². The summed E-state index contributed by atoms with van der Waals surface area (Å²) in [6.07, 6.45) is 14.9. The Bertz CT molecular complexity index is 989. The molecule has 1 aliphatic carbocycles. The van der Waals surface area contributed by atoms with E-state index in [0.29, 0.717) is 24.6 Å². The molecule has 2 unspecified atom stereocenters. The van der Waals surface area contributed by atoms with Gasteiger partial charge in [0.2, 0.25) is 5.91 Å². The van der Waals surface area contributed by atoms with Crippen LogP contribution in [0.4, 0.5) is 5.69 Å². The summed E-state index contributed by atoms with van der Waals surface area (Å²) in [5.74, 6) is 1.14. The minimum atomic E-state index is 0.182. The number of benzene rings is 2. The number of nitrogens with one attached hydrogen (secondary N) is 1. The van der Waals surface area contributed by atoms with E-state index >= 15 is 0 Å². The van der Waals surface area contributed by atoms with Crippen LogP contribution < -0.4 is 10.2 Å². The second-order valence-electron chi connectivity index (χ2n) is 10.6. The fourth-order valence-corrected chi connectivity index (χ4v) is 6.30. The quantitative estimate of drug-likeness (QED) is 0.557. The smallest absolute Gasteiger partial charge is 0.227 e. The third kappa shape index (κ3) is 5.27. The summed E-state index contributed by atoms with van der Waals surface area (Å²) in [6.45, 7) is 1.65. The van der Waals surface area contributed by atoms with Gasteiger partial charge in [0.1, 0.15) is 6.29 Å². The first-order valence-electron chi connectivity index (χ1n) is 13.4. The SMILES string of the molecule is O=Cc1ccc(C2CC(=O)N(c3ccc4c(c3)CC(C3CCCCCCCCC3)NC4)C2)cc1. The molecule has 1 saturated carbocycles. The molecule has 180 valence electrons. The molecule has 0 radical (unpaired) electrons. The number of hydrogen-bond donors (Lipinski definition) is 1. The summed E-state index contributed by atoms with van der Waals surface area (Å²) in [5.41, 5.74) is 5.66. The molecule has 2 aromatic carbocycles. The van der Waals surface area contributed by atoms with E-state index in [0.717, 1.165) is 36.4 Å². The second kappa shape index (κ2) is 10.9. The van der Waals surface area contributed by atoms with E-state index in [2.05, 4.69) is 23.5 Å². The lowest BCUT2D eigenvalue weighted by molar-refractivity contribution is -0.117. The van der Waals surface area contributed by atoms with Crippen LogP contribution in [0.25, 0.3) is 0 Å². The van der Waals surface area contributed by atoms with Crippen molar-refractivity contribution in [2.75, 3.05) is 11.4 Å². The third-order valence-corrected chi connectivity index (χ3v) is 8.38. The molecule has 0 spiro atoms. The van der Waals surface area contributed by atoms with Crippen molar-refractivity contribution in [3.63, 3.8) is 0 Å². The van der Waals surface area contributed by atoms with Gasteiger partial charge in [-0.1, -0.05) is 75.3 Å². The Kier molecular flexibility index (Phi) is 7.44. The van der Waals surface area contributed by atoms with Crippen LogP contribution in [-0.2, 0) is 17.8 Å². The summed E-state index contributed by atoms with van der Waals surface area (Å²) in [6, 6.07) is 14.9. The molecule has 1 amide bonds. The molecule has 0 aromatic heterocycles. The van der Waals surface area contributed by atoms with Gasteiger partial charge in [0, 0.05) is 42.7 Å². The highest BCUT2D eigenvalue weighted by Crippen LogP contribution is 2.35. The number of fused-ring (bicyclic) bond motifs is 1. The van der Waals surface area contributed by atoms with E-state index in [9.17, 15) is 9.59 Å². The Morgan fingerprint density at radius 1 is 0.824 bits per heavy atom. The summed E-state index contributed by atoms with van der Waals surface area (Å²) in [7, 11) is 0. The molecule has 2 atom stereocenters. The van der Waals surface area contributed by atoms with E-state index in [1.54, 1.807) is 0 Å². The minimum Gasteiger partial charge on any atom is -0.312 e. The van der Waals surface area contributed by atoms with E-state index in [1.165, 1.54) is 68.9 Å². The molecule has 1 N–H and O–H groups in total. The average Bonchev–Trinajstić information content (AvgIpc) is 3.28. The van der Waals surface area contributed by atoms with Crippen LogP contribution in [0.5, 0.6) is 0 Å². The van der Waals surface area contributed by atoms with Crippen LogP contribution in [0.3, 0.4) is 0 Å². The normalized spacial score (nSPS) is 24.6. The van der Waals surface area contributed by atoms with Crippen molar-refractivity contribution < 1.29 is 9.59 Å². The molecule has 4 nitrogen and oxygen atoms in total. The van der Waals surface area contributed by atoms with Gasteiger partial charge in [-0.15, -0.1) is 0 Å².